The van der Waals surface area contributed by atoms with Crippen LogP contribution < -0.4 is 11.1 Å². The van der Waals surface area contributed by atoms with E-state index in [4.69, 9.17) is 10.5 Å². The first-order chi connectivity index (χ1) is 8.10. The van der Waals surface area contributed by atoms with Crippen LogP contribution in [0.2, 0.25) is 0 Å². The van der Waals surface area contributed by atoms with Gasteiger partial charge in [0.05, 0.1) is 12.3 Å². The second kappa shape index (κ2) is 7.43. The molecular formula is C11H20N4O2. The van der Waals surface area contributed by atoms with Crippen LogP contribution in [0.3, 0.4) is 0 Å². The standard InChI is InChI=1S/C9H14N4O2.C2H6/c1-4-15-8(14)6-5(2)12-9(10)13-7(6)11-3;1-2/h4H2,1-3H3,(H3,10,11,12,13);1-2H3. The van der Waals surface area contributed by atoms with Gasteiger partial charge in [-0.05, 0) is 13.8 Å². The number of ether oxygens (including phenoxy) is 1. The summed E-state index contributed by atoms with van der Waals surface area (Å²) in [5.41, 5.74) is 6.30. The zero-order chi connectivity index (χ0) is 13.4. The molecule has 0 aromatic carbocycles. The molecule has 0 radical (unpaired) electrons. The van der Waals surface area contributed by atoms with Gasteiger partial charge in [0.15, 0.2) is 0 Å². The Bertz CT molecular complexity index is 380. The summed E-state index contributed by atoms with van der Waals surface area (Å²) in [7, 11) is 1.66. The minimum Gasteiger partial charge on any atom is -0.462 e. The van der Waals surface area contributed by atoms with E-state index in [1.807, 2.05) is 13.8 Å². The molecule has 0 spiro atoms. The fourth-order valence-corrected chi connectivity index (χ4v) is 1.22. The first-order valence-corrected chi connectivity index (χ1v) is 5.59. The van der Waals surface area contributed by atoms with E-state index in [1.165, 1.54) is 0 Å². The van der Waals surface area contributed by atoms with Crippen LogP contribution in [0.4, 0.5) is 11.8 Å². The molecule has 0 bridgehead atoms. The summed E-state index contributed by atoms with van der Waals surface area (Å²) in [5.74, 6) is 0.0719. The van der Waals surface area contributed by atoms with E-state index in [0.29, 0.717) is 23.7 Å². The first-order valence-electron chi connectivity index (χ1n) is 5.59. The molecule has 0 fully saturated rings. The summed E-state index contributed by atoms with van der Waals surface area (Å²) < 4.78 is 4.89. The molecule has 6 heteroatoms. The lowest BCUT2D eigenvalue weighted by Gasteiger charge is -2.10. The lowest BCUT2D eigenvalue weighted by atomic mass is 10.2. The van der Waals surface area contributed by atoms with Gasteiger partial charge in [0, 0.05) is 7.05 Å². The largest absolute Gasteiger partial charge is 0.462 e. The van der Waals surface area contributed by atoms with Crippen LogP contribution in [0.1, 0.15) is 36.8 Å². The van der Waals surface area contributed by atoms with Crippen LogP contribution in [-0.4, -0.2) is 29.6 Å². The lowest BCUT2D eigenvalue weighted by Crippen LogP contribution is -2.14. The maximum atomic E-state index is 11.6. The average molecular weight is 240 g/mol. The number of nitrogens with two attached hydrogens (primary N) is 1. The highest BCUT2D eigenvalue weighted by Crippen LogP contribution is 2.17. The number of hydrogen-bond donors (Lipinski definition) is 2. The maximum Gasteiger partial charge on any atom is 0.343 e. The molecule has 0 saturated carbocycles. The quantitative estimate of drug-likeness (QED) is 0.780. The number of rotatable bonds is 3. The van der Waals surface area contributed by atoms with Crippen molar-refractivity contribution >= 4 is 17.7 Å². The molecule has 0 atom stereocenters. The van der Waals surface area contributed by atoms with Crippen molar-refractivity contribution in [3.05, 3.63) is 11.3 Å². The molecular weight excluding hydrogens is 220 g/mol. The lowest BCUT2D eigenvalue weighted by molar-refractivity contribution is 0.0526. The number of esters is 1. The summed E-state index contributed by atoms with van der Waals surface area (Å²) in [5, 5.41) is 2.78. The summed E-state index contributed by atoms with van der Waals surface area (Å²) in [4.78, 5) is 19.4. The van der Waals surface area contributed by atoms with Crippen LogP contribution >= 0.6 is 0 Å². The van der Waals surface area contributed by atoms with E-state index in [2.05, 4.69) is 15.3 Å². The smallest absolute Gasteiger partial charge is 0.343 e. The number of carbonyl (C=O) groups is 1. The average Bonchev–Trinajstić information content (AvgIpc) is 2.30. The van der Waals surface area contributed by atoms with Crippen LogP contribution in [0.15, 0.2) is 0 Å². The topological polar surface area (TPSA) is 90.1 Å². The monoisotopic (exact) mass is 240 g/mol. The van der Waals surface area contributed by atoms with Gasteiger partial charge in [0.1, 0.15) is 11.4 Å². The number of aromatic nitrogens is 2. The molecule has 3 N–H and O–H groups in total. The normalized spacial score (nSPS) is 9.00. The molecule has 0 amide bonds. The number of hydrogen-bond acceptors (Lipinski definition) is 6. The SMILES string of the molecule is CC.CCOC(=O)c1c(C)nc(N)nc1NC. The number of anilines is 2. The van der Waals surface area contributed by atoms with Crippen molar-refractivity contribution < 1.29 is 9.53 Å². The zero-order valence-electron chi connectivity index (χ0n) is 11.0. The molecule has 1 aromatic rings. The third-order valence-electron chi connectivity index (χ3n) is 1.82. The van der Waals surface area contributed by atoms with Crippen molar-refractivity contribution in [1.29, 1.82) is 0 Å². The molecule has 17 heavy (non-hydrogen) atoms. The number of nitrogen functional groups attached to an aromatic ring is 1. The fraction of sp³-hybridized carbons (Fsp3) is 0.545. The molecule has 0 aliphatic carbocycles. The van der Waals surface area contributed by atoms with E-state index in [9.17, 15) is 4.79 Å². The van der Waals surface area contributed by atoms with Gasteiger partial charge in [-0.3, -0.25) is 0 Å². The van der Waals surface area contributed by atoms with Crippen LogP contribution in [-0.2, 0) is 4.74 Å². The summed E-state index contributed by atoms with van der Waals surface area (Å²) >= 11 is 0. The Morgan fingerprint density at radius 2 is 2.00 bits per heavy atom. The summed E-state index contributed by atoms with van der Waals surface area (Å²) in [6, 6.07) is 0. The Balaban J connectivity index is 0.00000121. The predicted molar refractivity (Wildman–Crippen MR) is 68.0 cm³/mol. The minimum absolute atomic E-state index is 0.130. The van der Waals surface area contributed by atoms with Gasteiger partial charge in [-0.2, -0.15) is 4.98 Å². The Labute approximate surface area is 102 Å². The van der Waals surface area contributed by atoms with Crippen molar-refractivity contribution in [2.24, 2.45) is 0 Å². The second-order valence-corrected chi connectivity index (χ2v) is 2.86. The highest BCUT2D eigenvalue weighted by molar-refractivity contribution is 5.95. The maximum absolute atomic E-state index is 11.6. The van der Waals surface area contributed by atoms with Gasteiger partial charge < -0.3 is 15.8 Å². The van der Waals surface area contributed by atoms with Crippen molar-refractivity contribution in [3.8, 4) is 0 Å². The molecule has 0 aliphatic heterocycles. The van der Waals surface area contributed by atoms with Crippen LogP contribution in [0, 0.1) is 6.92 Å². The van der Waals surface area contributed by atoms with Gasteiger partial charge in [0.2, 0.25) is 5.95 Å². The van der Waals surface area contributed by atoms with Gasteiger partial charge in [-0.1, -0.05) is 13.8 Å². The molecule has 1 heterocycles. The summed E-state index contributed by atoms with van der Waals surface area (Å²) in [6.45, 7) is 7.74. The van der Waals surface area contributed by atoms with Crippen molar-refractivity contribution in [2.75, 3.05) is 24.7 Å². The Morgan fingerprint density at radius 1 is 1.41 bits per heavy atom. The predicted octanol–water partition coefficient (Wildman–Crippen LogP) is 1.61. The van der Waals surface area contributed by atoms with E-state index >= 15 is 0 Å². The first kappa shape index (κ1) is 15.2. The molecule has 6 nitrogen and oxygen atoms in total. The van der Waals surface area contributed by atoms with Crippen molar-refractivity contribution in [2.45, 2.75) is 27.7 Å². The molecule has 0 aliphatic rings. The van der Waals surface area contributed by atoms with Crippen molar-refractivity contribution in [1.82, 2.24) is 9.97 Å². The molecule has 0 saturated heterocycles. The number of carbonyl (C=O) groups excluding carboxylic acids is 1. The van der Waals surface area contributed by atoms with E-state index in [-0.39, 0.29) is 5.95 Å². The Morgan fingerprint density at radius 3 is 2.47 bits per heavy atom. The molecule has 96 valence electrons. The van der Waals surface area contributed by atoms with Crippen molar-refractivity contribution in [3.63, 3.8) is 0 Å². The number of aryl methyl sites for hydroxylation is 1. The third-order valence-corrected chi connectivity index (χ3v) is 1.82. The number of nitrogens with zero attached hydrogens (tertiary/aromatic N) is 2. The second-order valence-electron chi connectivity index (χ2n) is 2.86. The number of nitrogens with one attached hydrogen (secondary N) is 1. The van der Waals surface area contributed by atoms with E-state index in [0.717, 1.165) is 0 Å². The third kappa shape index (κ3) is 3.90. The van der Waals surface area contributed by atoms with Crippen LogP contribution in [0.25, 0.3) is 0 Å². The summed E-state index contributed by atoms with van der Waals surface area (Å²) in [6.07, 6.45) is 0. The van der Waals surface area contributed by atoms with Gasteiger partial charge in [-0.25, -0.2) is 9.78 Å². The molecule has 0 unspecified atom stereocenters. The van der Waals surface area contributed by atoms with E-state index in [1.54, 1.807) is 20.9 Å². The van der Waals surface area contributed by atoms with Gasteiger partial charge in [0.25, 0.3) is 0 Å². The fourth-order valence-electron chi connectivity index (χ4n) is 1.22. The molecule has 1 rings (SSSR count). The Kier molecular flexibility index (Phi) is 6.62. The van der Waals surface area contributed by atoms with Gasteiger partial charge in [-0.15, -0.1) is 0 Å². The van der Waals surface area contributed by atoms with E-state index < -0.39 is 5.97 Å². The highest BCUT2D eigenvalue weighted by atomic mass is 16.5. The van der Waals surface area contributed by atoms with Crippen LogP contribution in [0.5, 0.6) is 0 Å². The highest BCUT2D eigenvalue weighted by Gasteiger charge is 2.18. The zero-order valence-corrected chi connectivity index (χ0v) is 11.0. The minimum atomic E-state index is -0.445. The van der Waals surface area contributed by atoms with Gasteiger partial charge >= 0.3 is 5.97 Å². The molecule has 1 aromatic heterocycles. The Hall–Kier alpha value is -1.85.